The zero-order chi connectivity index (χ0) is 19.5. The van der Waals surface area contributed by atoms with Crippen LogP contribution in [0.3, 0.4) is 0 Å². The molecule has 28 heavy (non-hydrogen) atoms. The molecule has 0 unspecified atom stereocenters. The minimum Gasteiger partial charge on any atom is -0.343 e. The van der Waals surface area contributed by atoms with E-state index in [1.54, 1.807) is 0 Å². The van der Waals surface area contributed by atoms with Crippen LogP contribution in [0.4, 0.5) is 16.0 Å². The van der Waals surface area contributed by atoms with Gasteiger partial charge < -0.3 is 10.6 Å². The average Bonchev–Trinajstić information content (AvgIpc) is 3.11. The molecule has 0 spiro atoms. The molecule has 9 heteroatoms. The van der Waals surface area contributed by atoms with E-state index in [1.807, 2.05) is 37.3 Å². The summed E-state index contributed by atoms with van der Waals surface area (Å²) in [5.74, 6) is 0.989. The van der Waals surface area contributed by atoms with E-state index in [9.17, 15) is 9.18 Å². The van der Waals surface area contributed by atoms with Crippen LogP contribution in [-0.4, -0.2) is 31.6 Å². The zero-order valence-corrected chi connectivity index (χ0v) is 14.8. The molecular formula is C19H16FN7O. The Hall–Kier alpha value is -3.88. The van der Waals surface area contributed by atoms with Gasteiger partial charge in [-0.05, 0) is 31.2 Å². The van der Waals surface area contributed by atoms with E-state index >= 15 is 0 Å². The van der Waals surface area contributed by atoms with Gasteiger partial charge in [0.05, 0.1) is 17.4 Å². The number of anilines is 2. The normalized spacial score (nSPS) is 11.9. The van der Waals surface area contributed by atoms with Crippen molar-refractivity contribution in [1.82, 2.24) is 30.5 Å². The van der Waals surface area contributed by atoms with Crippen molar-refractivity contribution in [2.24, 2.45) is 0 Å². The quantitative estimate of drug-likeness (QED) is 0.446. The maximum absolute atomic E-state index is 13.3. The topological polar surface area (TPSA) is 108 Å². The van der Waals surface area contributed by atoms with Crippen LogP contribution in [0.5, 0.6) is 0 Å². The third-order valence-electron chi connectivity index (χ3n) is 4.11. The van der Waals surface area contributed by atoms with Crippen molar-refractivity contribution >= 4 is 28.9 Å². The molecule has 0 aliphatic carbocycles. The lowest BCUT2D eigenvalue weighted by Gasteiger charge is -2.16. The molecule has 0 saturated heterocycles. The predicted octanol–water partition coefficient (Wildman–Crippen LogP) is 2.77. The first kappa shape index (κ1) is 17.5. The van der Waals surface area contributed by atoms with Gasteiger partial charge >= 0.3 is 0 Å². The molecule has 0 bridgehead atoms. The number of aromatic nitrogens is 5. The Labute approximate surface area is 159 Å². The molecule has 0 aliphatic rings. The maximum Gasteiger partial charge on any atom is 0.208 e. The van der Waals surface area contributed by atoms with Crippen LogP contribution in [0.2, 0.25) is 0 Å². The van der Waals surface area contributed by atoms with Crippen LogP contribution >= 0.6 is 0 Å². The zero-order valence-electron chi connectivity index (χ0n) is 14.8. The summed E-state index contributed by atoms with van der Waals surface area (Å²) in [5, 5.41) is 13.7. The standard InChI is InChI=1S/C19H16FN7O/c1-11-8-16(27-26-11)24-18-13-4-2-3-5-14(13)23-19(25-18)17(22-10-28)15-7-6-12(20)9-21-15/h2-10,17H,1H3,(H,22,28)(H2,23,24,25,26,27)/t17-/m1/s1. The summed E-state index contributed by atoms with van der Waals surface area (Å²) in [4.78, 5) is 24.4. The van der Waals surface area contributed by atoms with Crippen molar-refractivity contribution in [2.45, 2.75) is 13.0 Å². The van der Waals surface area contributed by atoms with Gasteiger partial charge in [0, 0.05) is 17.1 Å². The highest BCUT2D eigenvalue weighted by molar-refractivity contribution is 5.90. The highest BCUT2D eigenvalue weighted by Crippen LogP contribution is 2.26. The molecule has 1 aromatic carbocycles. The molecule has 8 nitrogen and oxygen atoms in total. The Morgan fingerprint density at radius 1 is 1.18 bits per heavy atom. The number of fused-ring (bicyclic) bond motifs is 1. The van der Waals surface area contributed by atoms with Gasteiger partial charge in [-0.3, -0.25) is 14.9 Å². The van der Waals surface area contributed by atoms with E-state index in [0.717, 1.165) is 17.3 Å². The second-order valence-corrected chi connectivity index (χ2v) is 6.13. The molecular weight excluding hydrogens is 361 g/mol. The molecule has 4 aromatic rings. The Bertz CT molecular complexity index is 1130. The van der Waals surface area contributed by atoms with Gasteiger partial charge in [-0.2, -0.15) is 5.10 Å². The van der Waals surface area contributed by atoms with Crippen molar-refractivity contribution < 1.29 is 9.18 Å². The Morgan fingerprint density at radius 3 is 2.75 bits per heavy atom. The lowest BCUT2D eigenvalue weighted by atomic mass is 10.1. The van der Waals surface area contributed by atoms with Gasteiger partial charge in [-0.1, -0.05) is 12.1 Å². The summed E-state index contributed by atoms with van der Waals surface area (Å²) in [6, 6.07) is 11.3. The van der Waals surface area contributed by atoms with E-state index in [1.165, 1.54) is 12.1 Å². The Kier molecular flexibility index (Phi) is 4.63. The van der Waals surface area contributed by atoms with E-state index in [-0.39, 0.29) is 0 Å². The van der Waals surface area contributed by atoms with Crippen molar-refractivity contribution in [2.75, 3.05) is 5.32 Å². The first-order valence-corrected chi connectivity index (χ1v) is 8.51. The van der Waals surface area contributed by atoms with Crippen molar-refractivity contribution in [1.29, 1.82) is 0 Å². The highest BCUT2D eigenvalue weighted by atomic mass is 19.1. The number of amides is 1. The molecule has 0 radical (unpaired) electrons. The van der Waals surface area contributed by atoms with Crippen molar-refractivity contribution in [3.8, 4) is 0 Å². The number of hydrogen-bond donors (Lipinski definition) is 3. The van der Waals surface area contributed by atoms with Crippen LogP contribution < -0.4 is 10.6 Å². The third kappa shape index (κ3) is 3.50. The number of nitrogens with one attached hydrogen (secondary N) is 3. The summed E-state index contributed by atoms with van der Waals surface area (Å²) in [6.45, 7) is 1.89. The number of nitrogens with zero attached hydrogens (tertiary/aromatic N) is 4. The monoisotopic (exact) mass is 377 g/mol. The number of aromatic amines is 1. The second-order valence-electron chi connectivity index (χ2n) is 6.13. The molecule has 0 aliphatic heterocycles. The van der Waals surface area contributed by atoms with Crippen molar-refractivity contribution in [3.05, 3.63) is 71.7 Å². The fraction of sp³-hybridized carbons (Fsp3) is 0.105. The average molecular weight is 377 g/mol. The summed E-state index contributed by atoms with van der Waals surface area (Å²) in [7, 11) is 0. The maximum atomic E-state index is 13.3. The SMILES string of the molecule is Cc1cc(Nc2nc([C@H](NC=O)c3ccc(F)cn3)nc3ccccc23)n[nH]1. The number of para-hydroxylation sites is 1. The van der Waals surface area contributed by atoms with Crippen LogP contribution in [0.1, 0.15) is 23.3 Å². The second kappa shape index (κ2) is 7.39. The van der Waals surface area contributed by atoms with Gasteiger partial charge in [0.2, 0.25) is 6.41 Å². The van der Waals surface area contributed by atoms with Gasteiger partial charge in [0.15, 0.2) is 11.6 Å². The van der Waals surface area contributed by atoms with E-state index < -0.39 is 11.9 Å². The van der Waals surface area contributed by atoms with Gasteiger partial charge in [-0.15, -0.1) is 0 Å². The Balaban J connectivity index is 1.83. The largest absolute Gasteiger partial charge is 0.343 e. The van der Waals surface area contributed by atoms with Gasteiger partial charge in [0.1, 0.15) is 17.7 Å². The molecule has 0 saturated carbocycles. The predicted molar refractivity (Wildman–Crippen MR) is 101 cm³/mol. The summed E-state index contributed by atoms with van der Waals surface area (Å²) in [5.41, 5.74) is 2.00. The summed E-state index contributed by atoms with van der Waals surface area (Å²) < 4.78 is 13.3. The molecule has 3 aromatic heterocycles. The number of halogens is 1. The van der Waals surface area contributed by atoms with E-state index in [2.05, 4.69) is 35.8 Å². The van der Waals surface area contributed by atoms with Crippen LogP contribution in [0.25, 0.3) is 10.9 Å². The lowest BCUT2D eigenvalue weighted by Crippen LogP contribution is -2.24. The fourth-order valence-electron chi connectivity index (χ4n) is 2.84. The molecule has 1 amide bonds. The van der Waals surface area contributed by atoms with Crippen LogP contribution in [-0.2, 0) is 4.79 Å². The number of carbonyl (C=O) groups is 1. The van der Waals surface area contributed by atoms with Crippen molar-refractivity contribution in [3.63, 3.8) is 0 Å². The number of H-pyrrole nitrogens is 1. The Morgan fingerprint density at radius 2 is 2.04 bits per heavy atom. The summed E-state index contributed by atoms with van der Waals surface area (Å²) in [6.07, 6.45) is 1.62. The van der Waals surface area contributed by atoms with Gasteiger partial charge in [-0.25, -0.2) is 14.4 Å². The first-order valence-electron chi connectivity index (χ1n) is 8.51. The van der Waals surface area contributed by atoms with Gasteiger partial charge in [0.25, 0.3) is 0 Å². The molecule has 3 heterocycles. The minimum absolute atomic E-state index is 0.319. The number of benzene rings is 1. The minimum atomic E-state index is -0.732. The number of rotatable bonds is 6. The number of pyridine rings is 1. The lowest BCUT2D eigenvalue weighted by molar-refractivity contribution is -0.110. The van der Waals surface area contributed by atoms with Crippen LogP contribution in [0, 0.1) is 12.7 Å². The third-order valence-corrected chi connectivity index (χ3v) is 4.11. The van der Waals surface area contributed by atoms with E-state index in [0.29, 0.717) is 35.1 Å². The van der Waals surface area contributed by atoms with Crippen LogP contribution in [0.15, 0.2) is 48.7 Å². The first-order chi connectivity index (χ1) is 13.6. The molecule has 3 N–H and O–H groups in total. The number of aryl methyl sites for hydroxylation is 1. The molecule has 4 rings (SSSR count). The molecule has 0 fully saturated rings. The van der Waals surface area contributed by atoms with E-state index in [4.69, 9.17) is 0 Å². The number of carbonyl (C=O) groups excluding carboxylic acids is 1. The fourth-order valence-corrected chi connectivity index (χ4v) is 2.84. The highest BCUT2D eigenvalue weighted by Gasteiger charge is 2.20. The summed E-state index contributed by atoms with van der Waals surface area (Å²) >= 11 is 0. The molecule has 1 atom stereocenters. The smallest absolute Gasteiger partial charge is 0.208 e. The number of hydrogen-bond acceptors (Lipinski definition) is 6. The molecule has 140 valence electrons.